The van der Waals surface area contributed by atoms with Crippen molar-refractivity contribution in [2.45, 2.75) is 43.2 Å². The largest absolute Gasteiger partial charge is 0.543 e. The molecular formula is C24H24N8O5S3. The van der Waals surface area contributed by atoms with E-state index in [1.807, 2.05) is 40.0 Å². The Labute approximate surface area is 240 Å². The summed E-state index contributed by atoms with van der Waals surface area (Å²) in [4.78, 5) is 50.4. The maximum Gasteiger partial charge on any atom is 0.278 e. The van der Waals surface area contributed by atoms with Crippen LogP contribution >= 0.6 is 34.6 Å². The first kappa shape index (κ1) is 26.5. The molecule has 1 saturated heterocycles. The first-order valence-electron chi connectivity index (χ1n) is 12.5. The van der Waals surface area contributed by atoms with Gasteiger partial charge < -0.3 is 25.8 Å². The van der Waals surface area contributed by atoms with E-state index in [-0.39, 0.29) is 28.5 Å². The lowest BCUT2D eigenvalue weighted by atomic mass is 10.0. The van der Waals surface area contributed by atoms with E-state index < -0.39 is 29.2 Å². The van der Waals surface area contributed by atoms with Crippen LogP contribution in [-0.4, -0.2) is 65.6 Å². The lowest BCUT2D eigenvalue weighted by molar-refractivity contribution is -0.510. The Morgan fingerprint density at radius 1 is 1.32 bits per heavy atom. The summed E-state index contributed by atoms with van der Waals surface area (Å²) in [7, 11) is 1.92. The molecule has 2 atom stereocenters. The summed E-state index contributed by atoms with van der Waals surface area (Å²) in [6, 6.07) is -0.971. The number of hydrogen-bond donors (Lipinski definition) is 2. The fraction of sp³-hybridized carbons (Fsp3) is 0.375. The molecule has 13 nitrogen and oxygen atoms in total. The number of fused-ring (bicyclic) bond motifs is 2. The smallest absolute Gasteiger partial charge is 0.278 e. The number of nitrogens with one attached hydrogen (secondary N) is 1. The predicted octanol–water partition coefficient (Wildman–Crippen LogP) is 0.0396. The Morgan fingerprint density at radius 2 is 2.12 bits per heavy atom. The van der Waals surface area contributed by atoms with Gasteiger partial charge in [-0.25, -0.2) is 4.57 Å². The number of thiazole rings is 1. The average molecular weight is 601 g/mol. The normalized spacial score (nSPS) is 21.8. The lowest BCUT2D eigenvalue weighted by Gasteiger charge is -2.50. The van der Waals surface area contributed by atoms with Crippen molar-refractivity contribution in [3.05, 3.63) is 46.8 Å². The van der Waals surface area contributed by atoms with Crippen LogP contribution in [0.2, 0.25) is 0 Å². The Bertz CT molecular complexity index is 1600. The summed E-state index contributed by atoms with van der Waals surface area (Å²) in [5.41, 5.74) is 6.64. The van der Waals surface area contributed by atoms with Gasteiger partial charge >= 0.3 is 0 Å². The number of β-lactam (4-membered cyclic amide) rings is 1. The summed E-state index contributed by atoms with van der Waals surface area (Å²) in [5.74, 6) is -2.42. The van der Waals surface area contributed by atoms with Gasteiger partial charge in [-0.2, -0.15) is 13.8 Å². The fourth-order valence-electron chi connectivity index (χ4n) is 4.88. The number of thioether (sulfide) groups is 1. The first-order valence-corrected chi connectivity index (χ1v) is 15.2. The van der Waals surface area contributed by atoms with Crippen LogP contribution in [-0.2, 0) is 26.3 Å². The molecule has 5 heterocycles. The Balaban J connectivity index is 1.20. The zero-order valence-electron chi connectivity index (χ0n) is 21.2. The third-order valence-electron chi connectivity index (χ3n) is 6.82. The maximum atomic E-state index is 13.2. The number of hydrogen-bond acceptors (Lipinski definition) is 12. The molecule has 2 amide bonds. The highest BCUT2D eigenvalue weighted by atomic mass is 32.2. The molecule has 0 spiro atoms. The predicted molar refractivity (Wildman–Crippen MR) is 147 cm³/mol. The van der Waals surface area contributed by atoms with Crippen LogP contribution in [0.3, 0.4) is 0 Å². The molecule has 3 aromatic heterocycles. The number of carbonyl (C=O) groups excluding carboxylic acids is 3. The molecular weight excluding hydrogens is 577 g/mol. The van der Waals surface area contributed by atoms with Crippen molar-refractivity contribution in [3.8, 4) is 0 Å². The lowest BCUT2D eigenvalue weighted by Crippen LogP contribution is -2.71. The summed E-state index contributed by atoms with van der Waals surface area (Å²) in [6.07, 6.45) is 11.0. The summed E-state index contributed by atoms with van der Waals surface area (Å²) in [6.45, 7) is 0. The molecule has 0 radical (unpaired) electrons. The minimum absolute atomic E-state index is 0.000471. The number of nitrogens with two attached hydrogens (primary N) is 1. The summed E-state index contributed by atoms with van der Waals surface area (Å²) in [5, 5.41) is 20.3. The van der Waals surface area contributed by atoms with E-state index >= 15 is 0 Å². The second kappa shape index (κ2) is 10.7. The van der Waals surface area contributed by atoms with Crippen molar-refractivity contribution in [2.24, 2.45) is 12.2 Å². The molecule has 16 heteroatoms. The van der Waals surface area contributed by atoms with Gasteiger partial charge in [-0.3, -0.25) is 14.5 Å². The van der Waals surface area contributed by atoms with Gasteiger partial charge in [-0.15, -0.1) is 11.8 Å². The topological polar surface area (TPSA) is 172 Å². The molecule has 0 unspecified atom stereocenters. The Morgan fingerprint density at radius 3 is 2.85 bits per heavy atom. The van der Waals surface area contributed by atoms with E-state index in [0.717, 1.165) is 52.6 Å². The van der Waals surface area contributed by atoms with Crippen molar-refractivity contribution in [1.29, 1.82) is 0 Å². The first-order chi connectivity index (χ1) is 19.3. The number of aromatic nitrogens is 4. The molecule has 0 bridgehead atoms. The highest BCUT2D eigenvalue weighted by Gasteiger charge is 2.53. The van der Waals surface area contributed by atoms with E-state index in [9.17, 15) is 19.5 Å². The molecule has 40 heavy (non-hydrogen) atoms. The monoisotopic (exact) mass is 600 g/mol. The van der Waals surface area contributed by atoms with Gasteiger partial charge in [0.25, 0.3) is 11.8 Å². The van der Waals surface area contributed by atoms with Crippen LogP contribution in [0.15, 0.2) is 40.4 Å². The minimum Gasteiger partial charge on any atom is -0.543 e. The van der Waals surface area contributed by atoms with Crippen molar-refractivity contribution in [2.75, 3.05) is 11.5 Å². The van der Waals surface area contributed by atoms with Gasteiger partial charge in [0.15, 0.2) is 5.13 Å². The number of aryl methyl sites for hydroxylation is 1. The van der Waals surface area contributed by atoms with Crippen molar-refractivity contribution < 1.29 is 28.7 Å². The molecule has 3 N–H and O–H groups in total. The van der Waals surface area contributed by atoms with E-state index in [2.05, 4.69) is 19.8 Å². The molecule has 0 aromatic carbocycles. The third kappa shape index (κ3) is 4.86. The second-order valence-corrected chi connectivity index (χ2v) is 12.3. The van der Waals surface area contributed by atoms with Gasteiger partial charge in [0.05, 0.1) is 18.7 Å². The van der Waals surface area contributed by atoms with Gasteiger partial charge in [-0.1, -0.05) is 22.6 Å². The molecule has 2 aliphatic heterocycles. The molecule has 6 rings (SSSR count). The van der Waals surface area contributed by atoms with Crippen molar-refractivity contribution in [1.82, 2.24) is 24.1 Å². The van der Waals surface area contributed by atoms with Gasteiger partial charge in [0.1, 0.15) is 29.4 Å². The van der Waals surface area contributed by atoms with E-state index in [1.165, 1.54) is 11.8 Å². The molecule has 3 aliphatic rings. The number of rotatable bonds is 8. The van der Waals surface area contributed by atoms with Crippen LogP contribution in [0.4, 0.5) is 5.13 Å². The van der Waals surface area contributed by atoms with Crippen LogP contribution in [0, 0.1) is 0 Å². The Hall–Kier alpha value is -3.76. The third-order valence-corrected chi connectivity index (χ3v) is 9.57. The average Bonchev–Trinajstić information content (AvgIpc) is 3.73. The molecule has 2 fully saturated rings. The zero-order chi connectivity index (χ0) is 28.0. The van der Waals surface area contributed by atoms with Gasteiger partial charge in [-0.05, 0) is 37.3 Å². The second-order valence-electron chi connectivity index (χ2n) is 9.54. The fourth-order valence-corrected chi connectivity index (χ4v) is 7.56. The van der Waals surface area contributed by atoms with Gasteiger partial charge in [0, 0.05) is 22.7 Å². The maximum absolute atomic E-state index is 13.2. The Kier molecular flexibility index (Phi) is 7.06. The van der Waals surface area contributed by atoms with Crippen LogP contribution in [0.5, 0.6) is 0 Å². The van der Waals surface area contributed by atoms with Gasteiger partial charge in [0.2, 0.25) is 22.7 Å². The summed E-state index contributed by atoms with van der Waals surface area (Å²) < 4.78 is 7.99. The number of allylic oxidation sites excluding steroid dienone is 1. The van der Waals surface area contributed by atoms with E-state index in [4.69, 9.17) is 10.6 Å². The number of nitrogens with zero attached hydrogens (tertiary/aromatic N) is 6. The highest BCUT2D eigenvalue weighted by Crippen LogP contribution is 2.40. The van der Waals surface area contributed by atoms with Crippen molar-refractivity contribution >= 4 is 74.2 Å². The number of aliphatic carboxylic acids is 1. The molecule has 3 aromatic rings. The van der Waals surface area contributed by atoms with E-state index in [0.29, 0.717) is 11.3 Å². The SMILES string of the molecule is Cn1cc2scc(/C=C/C3=C(C(=O)[O-])N4C(=O)[C@@H](NC(=O)/C(=N\OC5CCCC5)c5nsc(N)n5)[C@H]4SC3)[n+]2c1. The minimum atomic E-state index is -1.46. The summed E-state index contributed by atoms with van der Waals surface area (Å²) >= 11 is 3.82. The van der Waals surface area contributed by atoms with Crippen LogP contribution in [0.25, 0.3) is 10.9 Å². The number of anilines is 1. The number of nitrogen functional groups attached to an aromatic ring is 1. The quantitative estimate of drug-likeness (QED) is 0.157. The highest BCUT2D eigenvalue weighted by molar-refractivity contribution is 8.00. The number of imidazole rings is 1. The number of carboxylic acid groups (broad SMARTS) is 1. The number of amides is 2. The standard InChI is InChI=1S/C24H24N8O5S3/c1-30-8-15-31(11-30)13(10-38-15)7-6-12-9-39-22-17(21(34)32(22)18(12)23(35)36)26-20(33)16(19-27-24(25)40-29-19)28-37-14-4-2-3-5-14/h6-8,10-11,14,17,22H,2-5,9H2,1H3,(H3-,25,26,27,29,33,35,36)/b7-6+,28-16-/t17-,22-/m1/s1. The molecule has 1 aliphatic carbocycles. The molecule has 208 valence electrons. The van der Waals surface area contributed by atoms with E-state index in [1.54, 1.807) is 17.4 Å². The zero-order valence-corrected chi connectivity index (χ0v) is 23.6. The number of carboxylic acids is 1. The number of carbonyl (C=O) groups is 3. The number of oxime groups is 1. The molecule has 1 saturated carbocycles. The van der Waals surface area contributed by atoms with Crippen LogP contribution in [0.1, 0.15) is 37.2 Å². The van der Waals surface area contributed by atoms with Crippen molar-refractivity contribution in [3.63, 3.8) is 0 Å². The van der Waals surface area contributed by atoms with Crippen LogP contribution < -0.4 is 20.6 Å².